The van der Waals surface area contributed by atoms with Crippen molar-refractivity contribution >= 4 is 8.32 Å². The number of hydrogen-bond acceptors (Lipinski definition) is 1. The van der Waals surface area contributed by atoms with Crippen LogP contribution in [0, 0.1) is 0 Å². The van der Waals surface area contributed by atoms with Crippen molar-refractivity contribution in [2.45, 2.75) is 51.9 Å². The molecule has 0 aromatic heterocycles. The molecule has 1 rings (SSSR count). The van der Waals surface area contributed by atoms with Gasteiger partial charge in [-0.25, -0.2) is 0 Å². The van der Waals surface area contributed by atoms with Gasteiger partial charge < -0.3 is 4.43 Å². The maximum Gasteiger partial charge on any atom is 0.184 e. The van der Waals surface area contributed by atoms with Crippen LogP contribution in [0.1, 0.15) is 26.2 Å². The van der Waals surface area contributed by atoms with Gasteiger partial charge in [0.15, 0.2) is 8.32 Å². The van der Waals surface area contributed by atoms with Gasteiger partial charge in [-0.3, -0.25) is 0 Å². The van der Waals surface area contributed by atoms with Crippen molar-refractivity contribution in [3.05, 3.63) is 11.6 Å². The lowest BCUT2D eigenvalue weighted by molar-refractivity contribution is 0.220. The number of rotatable bonds is 2. The molecule has 0 bridgehead atoms. The largest absolute Gasteiger partial charge is 0.411 e. The van der Waals surface area contributed by atoms with Gasteiger partial charge in [-0.05, 0) is 45.8 Å². The molecule has 0 spiro atoms. The molecular formula is C10H20OSi. The summed E-state index contributed by atoms with van der Waals surface area (Å²) >= 11 is 0. The Balaban J connectivity index is 2.48. The SMILES string of the molecule is CC1=CC(O[Si](C)(C)C)CCC1. The second kappa shape index (κ2) is 3.75. The van der Waals surface area contributed by atoms with Crippen LogP contribution in [0.5, 0.6) is 0 Å². The van der Waals surface area contributed by atoms with Gasteiger partial charge in [0.25, 0.3) is 0 Å². The Hall–Kier alpha value is -0.0831. The summed E-state index contributed by atoms with van der Waals surface area (Å²) in [6.45, 7) is 8.97. The summed E-state index contributed by atoms with van der Waals surface area (Å²) in [5.41, 5.74) is 1.50. The molecule has 70 valence electrons. The first kappa shape index (κ1) is 10.0. The van der Waals surface area contributed by atoms with Gasteiger partial charge in [-0.1, -0.05) is 11.6 Å². The quantitative estimate of drug-likeness (QED) is 0.472. The Bertz CT molecular complexity index is 179. The summed E-state index contributed by atoms with van der Waals surface area (Å²) in [5, 5.41) is 0. The number of hydrogen-bond donors (Lipinski definition) is 0. The number of allylic oxidation sites excluding steroid dienone is 1. The second-order valence-corrected chi connectivity index (χ2v) is 9.13. The van der Waals surface area contributed by atoms with E-state index in [1.807, 2.05) is 0 Å². The molecule has 0 aliphatic heterocycles. The van der Waals surface area contributed by atoms with Crippen molar-refractivity contribution in [1.29, 1.82) is 0 Å². The van der Waals surface area contributed by atoms with Crippen LogP contribution in [-0.2, 0) is 4.43 Å². The zero-order valence-corrected chi connectivity index (χ0v) is 9.68. The van der Waals surface area contributed by atoms with E-state index in [4.69, 9.17) is 4.43 Å². The Kier molecular flexibility index (Phi) is 3.13. The lowest BCUT2D eigenvalue weighted by atomic mass is 9.99. The smallest absolute Gasteiger partial charge is 0.184 e. The van der Waals surface area contributed by atoms with Gasteiger partial charge in [0, 0.05) is 0 Å². The highest BCUT2D eigenvalue weighted by Crippen LogP contribution is 2.22. The fourth-order valence-electron chi connectivity index (χ4n) is 1.61. The van der Waals surface area contributed by atoms with E-state index in [0.717, 1.165) is 0 Å². The predicted molar refractivity (Wildman–Crippen MR) is 55.8 cm³/mol. The molecule has 0 amide bonds. The second-order valence-electron chi connectivity index (χ2n) is 4.67. The summed E-state index contributed by atoms with van der Waals surface area (Å²) in [5.74, 6) is 0. The lowest BCUT2D eigenvalue weighted by Gasteiger charge is -2.27. The van der Waals surface area contributed by atoms with Crippen molar-refractivity contribution in [2.24, 2.45) is 0 Å². The van der Waals surface area contributed by atoms with Crippen LogP contribution in [0.15, 0.2) is 11.6 Å². The third-order valence-corrected chi connectivity index (χ3v) is 3.04. The first-order valence-electron chi connectivity index (χ1n) is 4.82. The molecule has 0 fully saturated rings. The molecule has 1 aliphatic carbocycles. The van der Waals surface area contributed by atoms with Gasteiger partial charge in [0.1, 0.15) is 0 Å². The monoisotopic (exact) mass is 184 g/mol. The van der Waals surface area contributed by atoms with Crippen molar-refractivity contribution in [2.75, 3.05) is 0 Å². The van der Waals surface area contributed by atoms with Crippen molar-refractivity contribution < 1.29 is 4.43 Å². The zero-order chi connectivity index (χ0) is 9.19. The van der Waals surface area contributed by atoms with Crippen LogP contribution < -0.4 is 0 Å². The van der Waals surface area contributed by atoms with Gasteiger partial charge in [-0.2, -0.15) is 0 Å². The lowest BCUT2D eigenvalue weighted by Crippen LogP contribution is -2.32. The van der Waals surface area contributed by atoms with Crippen LogP contribution in [0.2, 0.25) is 19.6 Å². The van der Waals surface area contributed by atoms with Crippen LogP contribution >= 0.6 is 0 Å². The molecule has 0 heterocycles. The molecule has 0 saturated heterocycles. The Morgan fingerprint density at radius 3 is 2.58 bits per heavy atom. The van der Waals surface area contributed by atoms with E-state index < -0.39 is 8.32 Å². The van der Waals surface area contributed by atoms with Gasteiger partial charge in [0.05, 0.1) is 6.10 Å². The summed E-state index contributed by atoms with van der Waals surface area (Å²) in [4.78, 5) is 0. The minimum atomic E-state index is -1.32. The van der Waals surface area contributed by atoms with Crippen LogP contribution in [-0.4, -0.2) is 14.4 Å². The molecule has 0 N–H and O–H groups in total. The van der Waals surface area contributed by atoms with E-state index in [9.17, 15) is 0 Å². The molecule has 1 aliphatic rings. The predicted octanol–water partition coefficient (Wildman–Crippen LogP) is 3.34. The summed E-state index contributed by atoms with van der Waals surface area (Å²) < 4.78 is 6.01. The van der Waals surface area contributed by atoms with Crippen molar-refractivity contribution in [1.82, 2.24) is 0 Å². The third kappa shape index (κ3) is 3.54. The van der Waals surface area contributed by atoms with E-state index in [0.29, 0.717) is 6.10 Å². The molecular weight excluding hydrogens is 164 g/mol. The molecule has 0 aromatic rings. The summed E-state index contributed by atoms with van der Waals surface area (Å²) in [6, 6.07) is 0. The van der Waals surface area contributed by atoms with Gasteiger partial charge in [-0.15, -0.1) is 0 Å². The van der Waals surface area contributed by atoms with E-state index in [1.54, 1.807) is 0 Å². The maximum atomic E-state index is 6.01. The highest BCUT2D eigenvalue weighted by atomic mass is 28.4. The molecule has 0 radical (unpaired) electrons. The minimum Gasteiger partial charge on any atom is -0.411 e. The first-order valence-corrected chi connectivity index (χ1v) is 8.23. The van der Waals surface area contributed by atoms with Crippen LogP contribution in [0.25, 0.3) is 0 Å². The molecule has 0 saturated carbocycles. The van der Waals surface area contributed by atoms with Gasteiger partial charge in [0.2, 0.25) is 0 Å². The first-order chi connectivity index (χ1) is 5.47. The Morgan fingerprint density at radius 2 is 2.08 bits per heavy atom. The fraction of sp³-hybridized carbons (Fsp3) is 0.800. The van der Waals surface area contributed by atoms with Gasteiger partial charge >= 0.3 is 0 Å². The molecule has 1 atom stereocenters. The maximum absolute atomic E-state index is 6.01. The average molecular weight is 184 g/mol. The topological polar surface area (TPSA) is 9.23 Å². The molecule has 1 nitrogen and oxygen atoms in total. The fourth-order valence-corrected chi connectivity index (χ4v) is 2.71. The van der Waals surface area contributed by atoms with Crippen LogP contribution in [0.3, 0.4) is 0 Å². The average Bonchev–Trinajstić information content (AvgIpc) is 1.82. The van der Waals surface area contributed by atoms with E-state index in [1.165, 1.54) is 24.8 Å². The molecule has 12 heavy (non-hydrogen) atoms. The molecule has 2 heteroatoms. The molecule has 0 aromatic carbocycles. The minimum absolute atomic E-state index is 0.422. The van der Waals surface area contributed by atoms with Crippen molar-refractivity contribution in [3.63, 3.8) is 0 Å². The highest BCUT2D eigenvalue weighted by molar-refractivity contribution is 6.69. The highest BCUT2D eigenvalue weighted by Gasteiger charge is 2.21. The normalized spacial score (nSPS) is 25.3. The zero-order valence-electron chi connectivity index (χ0n) is 8.68. The standard InChI is InChI=1S/C10H20OSi/c1-9-6-5-7-10(8-9)11-12(2,3)4/h8,10H,5-7H2,1-4H3. The van der Waals surface area contributed by atoms with E-state index in [2.05, 4.69) is 32.6 Å². The van der Waals surface area contributed by atoms with Crippen LogP contribution in [0.4, 0.5) is 0 Å². The van der Waals surface area contributed by atoms with E-state index >= 15 is 0 Å². The van der Waals surface area contributed by atoms with E-state index in [-0.39, 0.29) is 0 Å². The summed E-state index contributed by atoms with van der Waals surface area (Å²) in [7, 11) is -1.32. The molecule has 1 unspecified atom stereocenters. The summed E-state index contributed by atoms with van der Waals surface area (Å²) in [6.07, 6.45) is 6.53. The Labute approximate surface area is 76.9 Å². The third-order valence-electron chi connectivity index (χ3n) is 2.04. The van der Waals surface area contributed by atoms with Crippen molar-refractivity contribution in [3.8, 4) is 0 Å². The Morgan fingerprint density at radius 1 is 1.42 bits per heavy atom.